The van der Waals surface area contributed by atoms with Crippen molar-refractivity contribution < 1.29 is 4.74 Å². The third kappa shape index (κ3) is 4.10. The molecule has 3 rings (SSSR count). The van der Waals surface area contributed by atoms with E-state index in [1.807, 2.05) is 18.2 Å². The molecule has 1 aliphatic heterocycles. The van der Waals surface area contributed by atoms with Gasteiger partial charge in [-0.3, -0.25) is 4.79 Å². The fraction of sp³-hybridized carbons (Fsp3) is 0.412. The fourth-order valence-corrected chi connectivity index (χ4v) is 3.56. The molecule has 1 fully saturated rings. The topological polar surface area (TPSA) is 59.4 Å². The summed E-state index contributed by atoms with van der Waals surface area (Å²) in [6.07, 6.45) is 3.48. The number of benzene rings is 1. The van der Waals surface area contributed by atoms with Crippen LogP contribution in [0.15, 0.2) is 46.3 Å². The molecule has 0 spiro atoms. The van der Waals surface area contributed by atoms with Crippen LogP contribution in [0, 0.1) is 0 Å². The van der Waals surface area contributed by atoms with Gasteiger partial charge in [0.1, 0.15) is 5.75 Å². The highest BCUT2D eigenvalue weighted by Crippen LogP contribution is 2.22. The molecule has 0 saturated carbocycles. The molecule has 0 atom stereocenters. The number of nitrogens with one attached hydrogen (secondary N) is 1. The van der Waals surface area contributed by atoms with Crippen LogP contribution in [0.5, 0.6) is 5.75 Å². The van der Waals surface area contributed by atoms with E-state index in [1.165, 1.54) is 0 Å². The number of anilines is 1. The van der Waals surface area contributed by atoms with Crippen molar-refractivity contribution in [3.05, 3.63) is 47.0 Å². The molecule has 0 bridgehead atoms. The number of nitrogens with zero attached hydrogens (tertiary/aromatic N) is 3. The summed E-state index contributed by atoms with van der Waals surface area (Å²) in [6.45, 7) is 4.08. The number of aromatic nitrogens is 2. The molecular formula is C17H22N4O2S. The lowest BCUT2D eigenvalue weighted by Gasteiger charge is -2.27. The number of methoxy groups -OCH3 is 1. The fourth-order valence-electron chi connectivity index (χ4n) is 2.66. The second-order valence-electron chi connectivity index (χ2n) is 5.51. The molecule has 1 N–H and O–H groups in total. The van der Waals surface area contributed by atoms with Crippen molar-refractivity contribution in [2.45, 2.75) is 11.4 Å². The standard InChI is InChI=1S/C17H22N4O2S/c1-23-14-3-2-4-15(13-14)24-12-11-21-10-7-19-16(17(21)22)20-8-5-18-6-9-20/h2-4,7,10,13,18H,5-6,8-9,11-12H2,1H3. The van der Waals surface area contributed by atoms with Crippen molar-refractivity contribution in [2.24, 2.45) is 0 Å². The van der Waals surface area contributed by atoms with E-state index in [1.54, 1.807) is 35.8 Å². The maximum absolute atomic E-state index is 12.6. The Bertz CT molecular complexity index is 729. The summed E-state index contributed by atoms with van der Waals surface area (Å²) >= 11 is 1.71. The highest BCUT2D eigenvalue weighted by atomic mass is 32.2. The second kappa shape index (κ2) is 8.21. The molecule has 24 heavy (non-hydrogen) atoms. The summed E-state index contributed by atoms with van der Waals surface area (Å²) in [5, 5.41) is 3.29. The first-order chi connectivity index (χ1) is 11.8. The quantitative estimate of drug-likeness (QED) is 0.799. The van der Waals surface area contributed by atoms with Gasteiger partial charge >= 0.3 is 0 Å². The van der Waals surface area contributed by atoms with Crippen LogP contribution in [0.25, 0.3) is 0 Å². The van der Waals surface area contributed by atoms with Crippen molar-refractivity contribution >= 4 is 17.6 Å². The molecule has 1 saturated heterocycles. The lowest BCUT2D eigenvalue weighted by molar-refractivity contribution is 0.413. The Morgan fingerprint density at radius 2 is 2.17 bits per heavy atom. The summed E-state index contributed by atoms with van der Waals surface area (Å²) in [6, 6.07) is 7.96. The molecule has 128 valence electrons. The molecule has 0 amide bonds. The zero-order chi connectivity index (χ0) is 16.8. The first-order valence-electron chi connectivity index (χ1n) is 8.06. The van der Waals surface area contributed by atoms with E-state index in [9.17, 15) is 4.79 Å². The minimum absolute atomic E-state index is 0.00866. The molecule has 7 heteroatoms. The number of hydrogen-bond acceptors (Lipinski definition) is 6. The Morgan fingerprint density at radius 3 is 2.96 bits per heavy atom. The zero-order valence-electron chi connectivity index (χ0n) is 13.8. The Balaban J connectivity index is 1.63. The van der Waals surface area contributed by atoms with E-state index in [2.05, 4.69) is 21.3 Å². The first kappa shape index (κ1) is 16.9. The molecular weight excluding hydrogens is 324 g/mol. The van der Waals surface area contributed by atoms with Crippen LogP contribution in [0.3, 0.4) is 0 Å². The predicted octanol–water partition coefficient (Wildman–Crippen LogP) is 1.45. The van der Waals surface area contributed by atoms with Crippen LogP contribution in [0.4, 0.5) is 5.82 Å². The third-order valence-corrected chi connectivity index (χ3v) is 4.93. The normalized spacial score (nSPS) is 14.6. The lowest BCUT2D eigenvalue weighted by atomic mass is 10.3. The summed E-state index contributed by atoms with van der Waals surface area (Å²) in [7, 11) is 1.66. The Morgan fingerprint density at radius 1 is 1.33 bits per heavy atom. The van der Waals surface area contributed by atoms with Crippen LogP contribution in [-0.2, 0) is 6.54 Å². The van der Waals surface area contributed by atoms with Crippen molar-refractivity contribution in [3.63, 3.8) is 0 Å². The van der Waals surface area contributed by atoms with Gasteiger partial charge in [0, 0.05) is 55.8 Å². The van der Waals surface area contributed by atoms with Gasteiger partial charge in [0.2, 0.25) is 0 Å². The Labute approximate surface area is 145 Å². The number of ether oxygens (including phenoxy) is 1. The van der Waals surface area contributed by atoms with Gasteiger partial charge in [0.25, 0.3) is 5.56 Å². The van der Waals surface area contributed by atoms with Crippen molar-refractivity contribution in [2.75, 3.05) is 43.9 Å². The predicted molar refractivity (Wildman–Crippen MR) is 97.3 cm³/mol. The summed E-state index contributed by atoms with van der Waals surface area (Å²) < 4.78 is 6.98. The highest BCUT2D eigenvalue weighted by Gasteiger charge is 2.15. The van der Waals surface area contributed by atoms with Gasteiger partial charge in [-0.1, -0.05) is 6.07 Å². The second-order valence-corrected chi connectivity index (χ2v) is 6.68. The molecule has 0 radical (unpaired) electrons. The summed E-state index contributed by atoms with van der Waals surface area (Å²) in [5.41, 5.74) is -0.00866. The lowest BCUT2D eigenvalue weighted by Crippen LogP contribution is -2.46. The number of aryl methyl sites for hydroxylation is 1. The van der Waals surface area contributed by atoms with Crippen LogP contribution in [-0.4, -0.2) is 48.6 Å². The maximum Gasteiger partial charge on any atom is 0.293 e. The van der Waals surface area contributed by atoms with Crippen LogP contribution in [0.2, 0.25) is 0 Å². The average Bonchev–Trinajstić information content (AvgIpc) is 2.64. The van der Waals surface area contributed by atoms with E-state index in [4.69, 9.17) is 4.74 Å². The van der Waals surface area contributed by atoms with Gasteiger partial charge in [-0.15, -0.1) is 11.8 Å². The van der Waals surface area contributed by atoms with E-state index in [0.29, 0.717) is 12.4 Å². The van der Waals surface area contributed by atoms with Crippen LogP contribution < -0.4 is 20.5 Å². The Hall–Kier alpha value is -1.99. The Kier molecular flexibility index (Phi) is 5.77. The van der Waals surface area contributed by atoms with Crippen molar-refractivity contribution in [1.82, 2.24) is 14.9 Å². The molecule has 2 heterocycles. The molecule has 1 aromatic carbocycles. The maximum atomic E-state index is 12.6. The minimum Gasteiger partial charge on any atom is -0.497 e. The summed E-state index contributed by atoms with van der Waals surface area (Å²) in [4.78, 5) is 20.1. The number of hydrogen-bond donors (Lipinski definition) is 1. The van der Waals surface area contributed by atoms with Crippen LogP contribution in [0.1, 0.15) is 0 Å². The van der Waals surface area contributed by atoms with E-state index in [-0.39, 0.29) is 5.56 Å². The largest absolute Gasteiger partial charge is 0.497 e. The number of piperazine rings is 1. The molecule has 0 aliphatic carbocycles. The molecule has 0 unspecified atom stereocenters. The average molecular weight is 346 g/mol. The summed E-state index contributed by atoms with van der Waals surface area (Å²) in [5.74, 6) is 2.23. The SMILES string of the molecule is COc1cccc(SCCn2ccnc(N3CCNCC3)c2=O)c1. The molecule has 2 aromatic rings. The van der Waals surface area contributed by atoms with Gasteiger partial charge in [-0.2, -0.15) is 0 Å². The monoisotopic (exact) mass is 346 g/mol. The van der Waals surface area contributed by atoms with Gasteiger partial charge in [0.15, 0.2) is 5.82 Å². The first-order valence-corrected chi connectivity index (χ1v) is 9.04. The molecule has 1 aliphatic rings. The number of rotatable bonds is 6. The van der Waals surface area contributed by atoms with E-state index < -0.39 is 0 Å². The molecule has 1 aromatic heterocycles. The highest BCUT2D eigenvalue weighted by molar-refractivity contribution is 7.99. The van der Waals surface area contributed by atoms with Gasteiger partial charge in [-0.05, 0) is 18.2 Å². The van der Waals surface area contributed by atoms with E-state index in [0.717, 1.165) is 42.6 Å². The third-order valence-electron chi connectivity index (χ3n) is 3.95. The van der Waals surface area contributed by atoms with Crippen molar-refractivity contribution in [3.8, 4) is 5.75 Å². The van der Waals surface area contributed by atoms with Crippen LogP contribution >= 0.6 is 11.8 Å². The smallest absolute Gasteiger partial charge is 0.293 e. The van der Waals surface area contributed by atoms with E-state index >= 15 is 0 Å². The van der Waals surface area contributed by atoms with Gasteiger partial charge in [0.05, 0.1) is 7.11 Å². The minimum atomic E-state index is -0.00866. The zero-order valence-corrected chi connectivity index (χ0v) is 14.6. The number of thioether (sulfide) groups is 1. The van der Waals surface area contributed by atoms with Gasteiger partial charge < -0.3 is 19.5 Å². The van der Waals surface area contributed by atoms with Gasteiger partial charge in [-0.25, -0.2) is 4.98 Å². The van der Waals surface area contributed by atoms with Crippen molar-refractivity contribution in [1.29, 1.82) is 0 Å². The molecule has 6 nitrogen and oxygen atoms in total.